The first-order chi connectivity index (χ1) is 8.54. The van der Waals surface area contributed by atoms with E-state index in [0.29, 0.717) is 18.7 Å². The maximum atomic E-state index is 10.7. The average Bonchev–Trinajstić information content (AvgIpc) is 2.30. The fraction of sp³-hybridized carbons (Fsp3) is 0.364. The predicted octanol–water partition coefficient (Wildman–Crippen LogP) is 2.27. The molecule has 0 aromatic heterocycles. The molecule has 0 saturated carbocycles. The molecule has 0 unspecified atom stereocenters. The lowest BCUT2D eigenvalue weighted by Gasteiger charge is -2.08. The summed E-state index contributed by atoms with van der Waals surface area (Å²) in [7, 11) is 0. The monoisotopic (exact) mass is 270 g/mol. The van der Waals surface area contributed by atoms with Crippen LogP contribution in [0.1, 0.15) is 11.1 Å². The van der Waals surface area contributed by atoms with Crippen molar-refractivity contribution in [2.75, 3.05) is 12.8 Å². The van der Waals surface area contributed by atoms with Crippen LogP contribution in [-0.4, -0.2) is 28.9 Å². The van der Waals surface area contributed by atoms with Crippen LogP contribution in [-0.2, 0) is 12.2 Å². The third-order valence-electron chi connectivity index (χ3n) is 2.37. The fourth-order valence-corrected chi connectivity index (χ4v) is 2.14. The molecule has 0 heterocycles. The molecule has 98 valence electrons. The van der Waals surface area contributed by atoms with Crippen LogP contribution in [0.15, 0.2) is 18.2 Å². The van der Waals surface area contributed by atoms with Gasteiger partial charge in [0.05, 0.1) is 4.92 Å². The Balaban J connectivity index is 2.82. The van der Waals surface area contributed by atoms with Crippen molar-refractivity contribution in [1.82, 2.24) is 5.32 Å². The van der Waals surface area contributed by atoms with Crippen LogP contribution in [0.4, 0.5) is 10.5 Å². The Morgan fingerprint density at radius 3 is 2.78 bits per heavy atom. The lowest BCUT2D eigenvalue weighted by molar-refractivity contribution is -0.384. The van der Waals surface area contributed by atoms with E-state index >= 15 is 0 Å². The van der Waals surface area contributed by atoms with Gasteiger partial charge < -0.3 is 10.4 Å². The van der Waals surface area contributed by atoms with Crippen LogP contribution in [0, 0.1) is 10.1 Å². The van der Waals surface area contributed by atoms with E-state index in [1.165, 1.54) is 6.07 Å². The van der Waals surface area contributed by atoms with Crippen LogP contribution in [0.5, 0.6) is 0 Å². The Kier molecular flexibility index (Phi) is 5.44. The van der Waals surface area contributed by atoms with E-state index in [-0.39, 0.29) is 5.69 Å². The van der Waals surface area contributed by atoms with Gasteiger partial charge in [0, 0.05) is 24.4 Å². The van der Waals surface area contributed by atoms with Gasteiger partial charge in [0.25, 0.3) is 5.69 Å². The molecule has 2 N–H and O–H groups in total. The molecule has 6 nitrogen and oxygen atoms in total. The van der Waals surface area contributed by atoms with Gasteiger partial charge >= 0.3 is 6.09 Å². The normalized spacial score (nSPS) is 10.1. The van der Waals surface area contributed by atoms with Crippen molar-refractivity contribution < 1.29 is 14.8 Å². The van der Waals surface area contributed by atoms with Crippen LogP contribution in [0.2, 0.25) is 0 Å². The van der Waals surface area contributed by atoms with Gasteiger partial charge in [-0.3, -0.25) is 10.1 Å². The number of nitro groups is 1. The molecule has 0 aliphatic carbocycles. The molecule has 0 atom stereocenters. The van der Waals surface area contributed by atoms with Crippen molar-refractivity contribution in [3.8, 4) is 0 Å². The molecule has 0 fully saturated rings. The van der Waals surface area contributed by atoms with Crippen LogP contribution < -0.4 is 5.32 Å². The molecule has 18 heavy (non-hydrogen) atoms. The standard InChI is InChI=1S/C11H14N2O4S/c1-18-7-9-6-10(13(16)17)3-2-8(9)4-5-12-11(14)15/h2-3,6,12H,4-5,7H2,1H3,(H,14,15). The molecule has 1 aromatic rings. The summed E-state index contributed by atoms with van der Waals surface area (Å²) in [5, 5.41) is 21.4. The highest BCUT2D eigenvalue weighted by molar-refractivity contribution is 7.97. The van der Waals surface area contributed by atoms with Crippen molar-refractivity contribution in [1.29, 1.82) is 0 Å². The number of hydrogen-bond donors (Lipinski definition) is 2. The minimum Gasteiger partial charge on any atom is -0.465 e. The third-order valence-corrected chi connectivity index (χ3v) is 2.97. The summed E-state index contributed by atoms with van der Waals surface area (Å²) in [5.41, 5.74) is 1.88. The van der Waals surface area contributed by atoms with Crippen LogP contribution in [0.3, 0.4) is 0 Å². The summed E-state index contributed by atoms with van der Waals surface area (Å²) in [6, 6.07) is 4.68. The summed E-state index contributed by atoms with van der Waals surface area (Å²) >= 11 is 1.57. The van der Waals surface area contributed by atoms with Crippen molar-refractivity contribution in [3.63, 3.8) is 0 Å². The van der Waals surface area contributed by atoms with Crippen LogP contribution >= 0.6 is 11.8 Å². The van der Waals surface area contributed by atoms with Crippen molar-refractivity contribution >= 4 is 23.5 Å². The summed E-state index contributed by atoms with van der Waals surface area (Å²) in [5.74, 6) is 0.671. The lowest BCUT2D eigenvalue weighted by atomic mass is 10.0. The highest BCUT2D eigenvalue weighted by Gasteiger charge is 2.10. The van der Waals surface area contributed by atoms with Crippen molar-refractivity contribution in [2.45, 2.75) is 12.2 Å². The zero-order chi connectivity index (χ0) is 13.5. The van der Waals surface area contributed by atoms with Gasteiger partial charge in [-0.05, 0) is 23.8 Å². The molecule has 0 spiro atoms. The summed E-state index contributed by atoms with van der Waals surface area (Å²) < 4.78 is 0. The SMILES string of the molecule is CSCc1cc([N+](=O)[O-])ccc1CCNC(=O)O. The summed E-state index contributed by atoms with van der Waals surface area (Å²) in [4.78, 5) is 20.6. The maximum Gasteiger partial charge on any atom is 0.404 e. The molecule has 0 aliphatic rings. The third kappa shape index (κ3) is 4.25. The molecular weight excluding hydrogens is 256 g/mol. The molecule has 1 rings (SSSR count). The Labute approximate surface area is 109 Å². The van der Waals surface area contributed by atoms with E-state index < -0.39 is 11.0 Å². The van der Waals surface area contributed by atoms with Gasteiger partial charge in [-0.25, -0.2) is 4.79 Å². The first-order valence-corrected chi connectivity index (χ1v) is 6.66. The van der Waals surface area contributed by atoms with E-state index in [1.54, 1.807) is 23.9 Å². The molecule has 1 aromatic carbocycles. The number of rotatable bonds is 6. The predicted molar refractivity (Wildman–Crippen MR) is 70.0 cm³/mol. The van der Waals surface area contributed by atoms with E-state index in [9.17, 15) is 14.9 Å². The second-order valence-electron chi connectivity index (χ2n) is 3.63. The number of thioether (sulfide) groups is 1. The number of nitrogens with one attached hydrogen (secondary N) is 1. The lowest BCUT2D eigenvalue weighted by Crippen LogP contribution is -2.23. The first-order valence-electron chi connectivity index (χ1n) is 5.26. The molecule has 7 heteroatoms. The maximum absolute atomic E-state index is 10.7. The number of carbonyl (C=O) groups is 1. The number of nitrogens with zero attached hydrogens (tertiary/aromatic N) is 1. The zero-order valence-electron chi connectivity index (χ0n) is 9.88. The number of hydrogen-bond acceptors (Lipinski definition) is 4. The van der Waals surface area contributed by atoms with E-state index in [1.807, 2.05) is 6.26 Å². The second-order valence-corrected chi connectivity index (χ2v) is 4.49. The number of nitro benzene ring substituents is 1. The molecule has 0 radical (unpaired) electrons. The van der Waals surface area contributed by atoms with Crippen molar-refractivity contribution in [2.24, 2.45) is 0 Å². The number of benzene rings is 1. The van der Waals surface area contributed by atoms with Crippen molar-refractivity contribution in [3.05, 3.63) is 39.4 Å². The molecule has 0 saturated heterocycles. The van der Waals surface area contributed by atoms with Crippen LogP contribution in [0.25, 0.3) is 0 Å². The first kappa shape index (κ1) is 14.3. The second kappa shape index (κ2) is 6.85. The molecular formula is C11H14N2O4S. The minimum absolute atomic E-state index is 0.0639. The van der Waals surface area contributed by atoms with Gasteiger partial charge in [-0.15, -0.1) is 0 Å². The van der Waals surface area contributed by atoms with Gasteiger partial charge in [-0.1, -0.05) is 6.07 Å². The van der Waals surface area contributed by atoms with Gasteiger partial charge in [0.1, 0.15) is 0 Å². The molecule has 1 amide bonds. The van der Waals surface area contributed by atoms with E-state index in [2.05, 4.69) is 5.32 Å². The van der Waals surface area contributed by atoms with Gasteiger partial charge in [0.15, 0.2) is 0 Å². The topological polar surface area (TPSA) is 92.5 Å². The largest absolute Gasteiger partial charge is 0.465 e. The molecule has 0 bridgehead atoms. The Bertz CT molecular complexity index is 451. The zero-order valence-corrected chi connectivity index (χ0v) is 10.7. The Morgan fingerprint density at radius 1 is 1.50 bits per heavy atom. The Morgan fingerprint density at radius 2 is 2.22 bits per heavy atom. The number of amides is 1. The summed E-state index contributed by atoms with van der Waals surface area (Å²) in [6.45, 7) is 0.300. The smallest absolute Gasteiger partial charge is 0.404 e. The van der Waals surface area contributed by atoms with Gasteiger partial charge in [-0.2, -0.15) is 11.8 Å². The number of carboxylic acid groups (broad SMARTS) is 1. The fourth-order valence-electron chi connectivity index (χ4n) is 1.56. The average molecular weight is 270 g/mol. The van der Waals surface area contributed by atoms with Gasteiger partial charge in [0.2, 0.25) is 0 Å². The molecule has 0 aliphatic heterocycles. The minimum atomic E-state index is -1.07. The van der Waals surface area contributed by atoms with E-state index in [0.717, 1.165) is 11.1 Å². The highest BCUT2D eigenvalue weighted by atomic mass is 32.2. The Hall–Kier alpha value is -1.76. The number of non-ortho nitro benzene ring substituents is 1. The van der Waals surface area contributed by atoms with E-state index in [4.69, 9.17) is 5.11 Å². The highest BCUT2D eigenvalue weighted by Crippen LogP contribution is 2.21. The summed E-state index contributed by atoms with van der Waals surface area (Å²) in [6.07, 6.45) is 1.38. The quantitative estimate of drug-likeness (QED) is 0.611.